The number of aromatic nitrogens is 7. The van der Waals surface area contributed by atoms with E-state index < -0.39 is 17.5 Å². The number of H-pyrrole nitrogens is 1. The van der Waals surface area contributed by atoms with Gasteiger partial charge in [-0.3, -0.25) is 18.6 Å². The summed E-state index contributed by atoms with van der Waals surface area (Å²) >= 11 is 0. The minimum atomic E-state index is -0.534. The zero-order chi connectivity index (χ0) is 38.4. The number of benzene rings is 3. The lowest BCUT2D eigenvalue weighted by Crippen LogP contribution is -2.39. The minimum absolute atomic E-state index is 0.101. The number of ether oxygens (including phenoxy) is 1. The number of hydrogen-bond donors (Lipinski definition) is 1. The average molecular weight is 757 g/mol. The van der Waals surface area contributed by atoms with Gasteiger partial charge in [0.05, 0.1) is 40.2 Å². The number of halogens is 2. The molecule has 56 heavy (non-hydrogen) atoms. The van der Waals surface area contributed by atoms with E-state index in [0.717, 1.165) is 62.0 Å². The van der Waals surface area contributed by atoms with Crippen LogP contribution < -0.4 is 5.69 Å². The van der Waals surface area contributed by atoms with Gasteiger partial charge in [-0.15, -0.1) is 0 Å². The molecule has 1 N–H and O–H groups in total. The van der Waals surface area contributed by atoms with Crippen molar-refractivity contribution in [3.63, 3.8) is 0 Å². The van der Waals surface area contributed by atoms with Crippen LogP contribution >= 0.6 is 0 Å². The summed E-state index contributed by atoms with van der Waals surface area (Å²) in [5.74, 6) is 0.393. The van der Waals surface area contributed by atoms with Gasteiger partial charge in [-0.05, 0) is 117 Å². The van der Waals surface area contributed by atoms with Gasteiger partial charge < -0.3 is 14.6 Å². The van der Waals surface area contributed by atoms with E-state index in [2.05, 4.69) is 22.2 Å². The molecule has 2 fully saturated rings. The molecule has 3 aliphatic rings. The van der Waals surface area contributed by atoms with Gasteiger partial charge in [0.1, 0.15) is 17.3 Å². The predicted octanol–water partition coefficient (Wildman–Crippen LogP) is 7.60. The molecule has 0 spiro atoms. The van der Waals surface area contributed by atoms with Gasteiger partial charge in [0, 0.05) is 61.6 Å². The number of aryl methyl sites for hydroxylation is 2. The topological polar surface area (TPSA) is 108 Å². The molecule has 1 aliphatic carbocycles. The Balaban J connectivity index is 1.05. The van der Waals surface area contributed by atoms with Gasteiger partial charge in [0.15, 0.2) is 5.82 Å². The Labute approximate surface area is 321 Å². The molecule has 10 rings (SSSR count). The van der Waals surface area contributed by atoms with Crippen molar-refractivity contribution in [1.29, 1.82) is 0 Å². The van der Waals surface area contributed by atoms with Crippen LogP contribution in [-0.4, -0.2) is 64.2 Å². The Bertz CT molecular complexity index is 2740. The summed E-state index contributed by atoms with van der Waals surface area (Å²) in [6.45, 7) is 7.98. The molecule has 6 heterocycles. The second kappa shape index (κ2) is 13.1. The second-order valence-electron chi connectivity index (χ2n) is 15.8. The molecule has 7 aromatic rings. The quantitative estimate of drug-likeness (QED) is 0.180. The van der Waals surface area contributed by atoms with E-state index in [-0.39, 0.29) is 17.4 Å². The molecular formula is C43H42F2N8O3. The Morgan fingerprint density at radius 2 is 1.71 bits per heavy atom. The first kappa shape index (κ1) is 34.7. The average Bonchev–Trinajstić information content (AvgIpc) is 3.49. The molecule has 11 nitrogen and oxygen atoms in total. The van der Waals surface area contributed by atoms with Gasteiger partial charge in [-0.2, -0.15) is 10.2 Å². The Morgan fingerprint density at radius 1 is 0.946 bits per heavy atom. The van der Waals surface area contributed by atoms with Crippen molar-refractivity contribution in [2.24, 2.45) is 5.92 Å². The van der Waals surface area contributed by atoms with Crippen molar-refractivity contribution in [3.8, 4) is 17.2 Å². The van der Waals surface area contributed by atoms with Crippen LogP contribution in [0.15, 0.2) is 71.9 Å². The molecule has 1 amide bonds. The maximum atomic E-state index is 16.2. The molecule has 1 saturated carbocycles. The van der Waals surface area contributed by atoms with Crippen molar-refractivity contribution in [2.75, 3.05) is 19.8 Å². The van der Waals surface area contributed by atoms with Crippen molar-refractivity contribution < 1.29 is 18.3 Å². The number of aromatic amines is 1. The van der Waals surface area contributed by atoms with Gasteiger partial charge >= 0.3 is 5.69 Å². The van der Waals surface area contributed by atoms with Crippen LogP contribution in [0, 0.1) is 31.4 Å². The number of fused-ring (bicyclic) bond motifs is 3. The monoisotopic (exact) mass is 756 g/mol. The van der Waals surface area contributed by atoms with E-state index in [0.29, 0.717) is 69.6 Å². The standard InChI is InChI=1S/C43H42F2N8O3/c1-24-18-31(19-25(2)39(24)44)53-41(51-15-14-50(43(51)55)37-9-8-36-32(40(37)45)22-46-52(36)23-27-4-5-27)38-26(3)49(13-10-34(38)48-53)42(54)35-21-30-20-29(6-7-33(30)47-35)28-11-16-56-17-12-28/h6-9,14-15,18-22,26-28,47H,4-5,10-13,16-17,23H2,1-3H3/t26-/m0/s1. The third-order valence-electron chi connectivity index (χ3n) is 12.1. The van der Waals surface area contributed by atoms with Crippen LogP contribution in [0.2, 0.25) is 0 Å². The second-order valence-corrected chi connectivity index (χ2v) is 15.8. The third kappa shape index (κ3) is 5.62. The summed E-state index contributed by atoms with van der Waals surface area (Å²) < 4.78 is 42.9. The Kier molecular flexibility index (Phi) is 8.14. The molecule has 3 aromatic carbocycles. The van der Waals surface area contributed by atoms with Gasteiger partial charge in [-0.1, -0.05) is 6.07 Å². The Hall–Kier alpha value is -5.82. The van der Waals surface area contributed by atoms with E-state index in [4.69, 9.17) is 9.84 Å². The van der Waals surface area contributed by atoms with E-state index >= 15 is 4.39 Å². The molecule has 0 unspecified atom stereocenters. The summed E-state index contributed by atoms with van der Waals surface area (Å²) in [7, 11) is 0. The van der Waals surface area contributed by atoms with Crippen LogP contribution in [0.3, 0.4) is 0 Å². The first-order chi connectivity index (χ1) is 27.1. The first-order valence-corrected chi connectivity index (χ1v) is 19.5. The molecule has 1 atom stereocenters. The third-order valence-corrected chi connectivity index (χ3v) is 12.1. The normalized spacial score (nSPS) is 17.7. The van der Waals surface area contributed by atoms with Crippen LogP contribution in [0.4, 0.5) is 8.78 Å². The highest BCUT2D eigenvalue weighted by molar-refractivity contribution is 5.98. The van der Waals surface area contributed by atoms with E-state index in [1.807, 2.05) is 29.8 Å². The fraction of sp³-hybridized carbons (Fsp3) is 0.349. The highest BCUT2D eigenvalue weighted by Crippen LogP contribution is 2.38. The number of nitrogens with one attached hydrogen (secondary N) is 1. The molecule has 13 heteroatoms. The van der Waals surface area contributed by atoms with E-state index in [1.165, 1.54) is 20.9 Å². The predicted molar refractivity (Wildman–Crippen MR) is 208 cm³/mol. The fourth-order valence-electron chi connectivity index (χ4n) is 8.80. The van der Waals surface area contributed by atoms with Crippen molar-refractivity contribution in [1.82, 2.24) is 38.6 Å². The number of hydrogen-bond acceptors (Lipinski definition) is 5. The van der Waals surface area contributed by atoms with Crippen molar-refractivity contribution in [3.05, 3.63) is 123 Å². The van der Waals surface area contributed by atoms with Crippen LogP contribution in [0.25, 0.3) is 39.0 Å². The highest BCUT2D eigenvalue weighted by atomic mass is 19.1. The first-order valence-electron chi connectivity index (χ1n) is 19.5. The lowest BCUT2D eigenvalue weighted by Gasteiger charge is -2.33. The number of amides is 1. The SMILES string of the molecule is Cc1cc(-n2nc3c(c2-n2ccn(-c4ccc5c(cnn5CC5CC5)c4F)c2=O)[C@H](C)N(C(=O)c2cc4cc(C5CCOCC5)ccc4[nH]2)CC3)cc(C)c1F. The number of imidazole rings is 1. The smallest absolute Gasteiger partial charge is 0.338 e. The van der Waals surface area contributed by atoms with Gasteiger partial charge in [-0.25, -0.2) is 18.3 Å². The lowest BCUT2D eigenvalue weighted by molar-refractivity contribution is 0.0672. The summed E-state index contributed by atoms with van der Waals surface area (Å²) in [6, 6.07) is 14.6. The molecule has 0 bridgehead atoms. The molecule has 0 radical (unpaired) electrons. The molecule has 1 saturated heterocycles. The zero-order valence-electron chi connectivity index (χ0n) is 31.6. The maximum Gasteiger partial charge on any atom is 0.338 e. The van der Waals surface area contributed by atoms with Crippen LogP contribution in [-0.2, 0) is 17.7 Å². The fourth-order valence-corrected chi connectivity index (χ4v) is 8.80. The van der Waals surface area contributed by atoms with E-state index in [1.54, 1.807) is 54.0 Å². The van der Waals surface area contributed by atoms with Gasteiger partial charge in [0.25, 0.3) is 5.91 Å². The summed E-state index contributed by atoms with van der Waals surface area (Å²) in [5, 5.41) is 10.8. The largest absolute Gasteiger partial charge is 0.381 e. The number of nitrogens with zero attached hydrogens (tertiary/aromatic N) is 7. The van der Waals surface area contributed by atoms with Crippen LogP contribution in [0.5, 0.6) is 0 Å². The van der Waals surface area contributed by atoms with Gasteiger partial charge in [0.2, 0.25) is 0 Å². The molecular weight excluding hydrogens is 715 g/mol. The number of carbonyl (C=O) groups is 1. The van der Waals surface area contributed by atoms with Crippen LogP contribution in [0.1, 0.15) is 83.0 Å². The molecule has 286 valence electrons. The minimum Gasteiger partial charge on any atom is -0.381 e. The molecule has 4 aromatic heterocycles. The summed E-state index contributed by atoms with van der Waals surface area (Å²) in [4.78, 5) is 34.0. The Morgan fingerprint density at radius 3 is 2.48 bits per heavy atom. The number of carbonyl (C=O) groups excluding carboxylic acids is 1. The zero-order valence-corrected chi connectivity index (χ0v) is 31.6. The summed E-state index contributed by atoms with van der Waals surface area (Å²) in [5.41, 5.74) is 5.75. The van der Waals surface area contributed by atoms with Crippen molar-refractivity contribution in [2.45, 2.75) is 71.4 Å². The van der Waals surface area contributed by atoms with E-state index in [9.17, 15) is 14.0 Å². The van der Waals surface area contributed by atoms with Crippen molar-refractivity contribution >= 4 is 27.7 Å². The maximum absolute atomic E-state index is 16.2. The summed E-state index contributed by atoms with van der Waals surface area (Å²) in [6.07, 6.45) is 9.35. The molecule has 2 aliphatic heterocycles. The number of rotatable bonds is 7. The lowest BCUT2D eigenvalue weighted by atomic mass is 9.91. The highest BCUT2D eigenvalue weighted by Gasteiger charge is 2.36.